The lowest BCUT2D eigenvalue weighted by Crippen LogP contribution is -2.47. The number of carbonyl (C=O) groups excluding carboxylic acids is 2. The molecule has 0 heterocycles. The highest BCUT2D eigenvalue weighted by molar-refractivity contribution is 5.85. The van der Waals surface area contributed by atoms with Crippen LogP contribution in [0.3, 0.4) is 0 Å². The van der Waals surface area contributed by atoms with Crippen molar-refractivity contribution in [2.45, 2.75) is 51.5 Å². The van der Waals surface area contributed by atoms with Gasteiger partial charge in [-0.05, 0) is 59.8 Å². The average molecular weight is 479 g/mol. The van der Waals surface area contributed by atoms with Gasteiger partial charge in [-0.2, -0.15) is 0 Å². The minimum atomic E-state index is -1.01. The highest BCUT2D eigenvalue weighted by Crippen LogP contribution is 2.44. The molecule has 2 aliphatic carbocycles. The summed E-state index contributed by atoms with van der Waals surface area (Å²) < 4.78 is 5.61. The molecule has 7 heteroatoms. The van der Waals surface area contributed by atoms with E-state index in [2.05, 4.69) is 34.9 Å². The highest BCUT2D eigenvalue weighted by Gasteiger charge is 2.31. The molecule has 0 saturated heterocycles. The number of hydrogen-bond donors (Lipinski definition) is 3. The molecule has 1 atom stereocenters. The summed E-state index contributed by atoms with van der Waals surface area (Å²) >= 11 is 0. The number of carboxylic acid groups (broad SMARTS) is 1. The Bertz CT molecular complexity index is 1030. The van der Waals surface area contributed by atoms with Gasteiger partial charge >= 0.3 is 12.1 Å². The van der Waals surface area contributed by atoms with Gasteiger partial charge in [-0.3, -0.25) is 4.79 Å². The van der Waals surface area contributed by atoms with E-state index in [0.717, 1.165) is 12.8 Å². The second-order valence-electron chi connectivity index (χ2n) is 9.99. The molecule has 1 unspecified atom stereocenters. The van der Waals surface area contributed by atoms with E-state index in [0.29, 0.717) is 19.4 Å². The number of benzene rings is 2. The van der Waals surface area contributed by atoms with Gasteiger partial charge in [0.2, 0.25) is 5.91 Å². The maximum Gasteiger partial charge on any atom is 0.407 e. The van der Waals surface area contributed by atoms with Crippen molar-refractivity contribution in [3.05, 3.63) is 59.7 Å². The summed E-state index contributed by atoms with van der Waals surface area (Å²) in [6.45, 7) is 4.36. The van der Waals surface area contributed by atoms with E-state index in [4.69, 9.17) is 4.74 Å². The van der Waals surface area contributed by atoms with Gasteiger partial charge < -0.3 is 20.5 Å². The Kier molecular flexibility index (Phi) is 7.73. The maximum atomic E-state index is 12.5. The molecular formula is C28H34N2O5. The molecule has 2 amide bonds. The third-order valence-electron chi connectivity index (χ3n) is 7.33. The van der Waals surface area contributed by atoms with Crippen molar-refractivity contribution >= 4 is 18.0 Å². The predicted molar refractivity (Wildman–Crippen MR) is 133 cm³/mol. The van der Waals surface area contributed by atoms with Crippen molar-refractivity contribution in [3.63, 3.8) is 0 Å². The van der Waals surface area contributed by atoms with Crippen LogP contribution in [0, 0.1) is 17.8 Å². The van der Waals surface area contributed by atoms with Gasteiger partial charge in [0.25, 0.3) is 0 Å². The lowest BCUT2D eigenvalue weighted by atomic mass is 9.81. The van der Waals surface area contributed by atoms with Crippen molar-refractivity contribution in [2.24, 2.45) is 17.8 Å². The second-order valence-corrected chi connectivity index (χ2v) is 9.99. The fourth-order valence-electron chi connectivity index (χ4n) is 5.29. The summed E-state index contributed by atoms with van der Waals surface area (Å²) in [6.07, 6.45) is 2.57. The van der Waals surface area contributed by atoms with E-state index in [1.807, 2.05) is 24.3 Å². The molecule has 0 bridgehead atoms. The van der Waals surface area contributed by atoms with Crippen LogP contribution in [-0.2, 0) is 14.3 Å². The Hall–Kier alpha value is -3.35. The summed E-state index contributed by atoms with van der Waals surface area (Å²) in [6, 6.07) is 15.6. The molecular weight excluding hydrogens is 444 g/mol. The minimum Gasteiger partial charge on any atom is -0.480 e. The highest BCUT2D eigenvalue weighted by atomic mass is 16.5. The number of ether oxygens (including phenoxy) is 1. The van der Waals surface area contributed by atoms with E-state index < -0.39 is 18.1 Å². The topological polar surface area (TPSA) is 105 Å². The molecule has 0 aromatic heterocycles. The van der Waals surface area contributed by atoms with Gasteiger partial charge in [0.1, 0.15) is 12.6 Å². The smallest absolute Gasteiger partial charge is 0.407 e. The van der Waals surface area contributed by atoms with Crippen LogP contribution in [0.5, 0.6) is 0 Å². The van der Waals surface area contributed by atoms with Gasteiger partial charge in [0.15, 0.2) is 0 Å². The number of amides is 2. The fourth-order valence-corrected chi connectivity index (χ4v) is 5.29. The van der Waals surface area contributed by atoms with Gasteiger partial charge in [0.05, 0.1) is 0 Å². The van der Waals surface area contributed by atoms with Crippen LogP contribution in [-0.4, -0.2) is 42.3 Å². The number of fused-ring (bicyclic) bond motifs is 3. The Morgan fingerprint density at radius 3 is 2.06 bits per heavy atom. The molecule has 0 spiro atoms. The molecule has 0 radical (unpaired) electrons. The molecule has 1 saturated carbocycles. The first kappa shape index (κ1) is 24.8. The van der Waals surface area contributed by atoms with E-state index in [1.165, 1.54) is 22.3 Å². The van der Waals surface area contributed by atoms with Crippen LogP contribution >= 0.6 is 0 Å². The van der Waals surface area contributed by atoms with Crippen molar-refractivity contribution in [3.8, 4) is 11.1 Å². The summed E-state index contributed by atoms with van der Waals surface area (Å²) in [5.41, 5.74) is 4.75. The number of carbonyl (C=O) groups is 3. The molecule has 1 fully saturated rings. The average Bonchev–Trinajstić information content (AvgIpc) is 3.18. The molecule has 7 nitrogen and oxygen atoms in total. The first-order valence-corrected chi connectivity index (χ1v) is 12.5. The minimum absolute atomic E-state index is 0.0302. The summed E-state index contributed by atoms with van der Waals surface area (Å²) in [7, 11) is 0. The molecule has 186 valence electrons. The third kappa shape index (κ3) is 5.66. The molecule has 2 aromatic carbocycles. The monoisotopic (exact) mass is 478 g/mol. The van der Waals surface area contributed by atoms with Crippen molar-refractivity contribution in [2.75, 3.05) is 13.2 Å². The van der Waals surface area contributed by atoms with Gasteiger partial charge in [0, 0.05) is 18.4 Å². The van der Waals surface area contributed by atoms with Crippen LogP contribution in [0.4, 0.5) is 4.79 Å². The summed E-state index contributed by atoms with van der Waals surface area (Å²) in [5.74, 6) is -1.23. The Morgan fingerprint density at radius 2 is 1.51 bits per heavy atom. The molecule has 3 N–H and O–H groups in total. The quantitative estimate of drug-likeness (QED) is 0.516. The molecule has 0 aliphatic heterocycles. The normalized spacial score (nSPS) is 20.0. The van der Waals surface area contributed by atoms with Gasteiger partial charge in [-0.15, -0.1) is 0 Å². The molecule has 2 aromatic rings. The van der Waals surface area contributed by atoms with E-state index in [9.17, 15) is 19.5 Å². The number of carboxylic acids is 1. The van der Waals surface area contributed by atoms with Crippen molar-refractivity contribution in [1.29, 1.82) is 0 Å². The number of nitrogens with one attached hydrogen (secondary N) is 2. The largest absolute Gasteiger partial charge is 0.480 e. The Morgan fingerprint density at radius 1 is 0.943 bits per heavy atom. The zero-order chi connectivity index (χ0) is 24.9. The van der Waals surface area contributed by atoms with Crippen molar-refractivity contribution < 1.29 is 24.2 Å². The fraction of sp³-hybridized carbons (Fsp3) is 0.464. The van der Waals surface area contributed by atoms with Crippen LogP contribution < -0.4 is 10.6 Å². The summed E-state index contributed by atoms with van der Waals surface area (Å²) in [4.78, 5) is 36.3. The summed E-state index contributed by atoms with van der Waals surface area (Å²) in [5, 5.41) is 14.9. The molecule has 2 aliphatic rings. The predicted octanol–water partition coefficient (Wildman–Crippen LogP) is 4.56. The zero-order valence-corrected chi connectivity index (χ0v) is 20.3. The second kappa shape index (κ2) is 10.9. The van der Waals surface area contributed by atoms with Crippen LogP contribution in [0.25, 0.3) is 11.1 Å². The van der Waals surface area contributed by atoms with E-state index in [1.54, 1.807) is 13.8 Å². The first-order valence-electron chi connectivity index (χ1n) is 12.5. The van der Waals surface area contributed by atoms with Crippen LogP contribution in [0.15, 0.2) is 48.5 Å². The van der Waals surface area contributed by atoms with E-state index in [-0.39, 0.29) is 36.2 Å². The van der Waals surface area contributed by atoms with Crippen molar-refractivity contribution in [1.82, 2.24) is 10.6 Å². The maximum absolute atomic E-state index is 12.5. The molecule has 35 heavy (non-hydrogen) atoms. The number of rotatable bonds is 8. The van der Waals surface area contributed by atoms with Gasteiger partial charge in [-0.1, -0.05) is 62.4 Å². The number of alkyl carbamates (subject to hydrolysis) is 1. The zero-order valence-electron chi connectivity index (χ0n) is 20.3. The Labute approximate surface area is 206 Å². The molecule has 4 rings (SSSR count). The number of hydrogen-bond acceptors (Lipinski definition) is 4. The third-order valence-corrected chi connectivity index (χ3v) is 7.33. The Balaban J connectivity index is 1.22. The van der Waals surface area contributed by atoms with Crippen LogP contribution in [0.2, 0.25) is 0 Å². The van der Waals surface area contributed by atoms with E-state index >= 15 is 0 Å². The number of aliphatic carboxylic acids is 1. The lowest BCUT2D eigenvalue weighted by Gasteiger charge is -2.29. The lowest BCUT2D eigenvalue weighted by molar-refractivity contribution is -0.144. The standard InChI is InChI=1S/C28H34N2O5/c1-17(2)25(27(32)33)30-26(31)19-13-11-18(12-14-19)15-29-28(34)35-16-24-22-9-5-3-7-20(22)21-8-4-6-10-23(21)24/h3-10,17-19,24-25H,11-16H2,1-2H3,(H,29,34)(H,30,31)(H,32,33). The van der Waals surface area contributed by atoms with Crippen LogP contribution in [0.1, 0.15) is 56.6 Å². The first-order chi connectivity index (χ1) is 16.8. The SMILES string of the molecule is CC(C)C(NC(=O)C1CCC(CNC(=O)OCC2c3ccccc3-c3ccccc32)CC1)C(=O)O. The van der Waals surface area contributed by atoms with Gasteiger partial charge in [-0.25, -0.2) is 9.59 Å².